The molecule has 1 atom stereocenters. The number of fused-ring (bicyclic) bond motifs is 1. The standard InChI is InChI=1S/C21H31N5O/c1-4-9-23-17-7-10-26(11-8-17)20-18(21(27)24-15(3)22)13-16-12-14(2)5-6-19(16)25-20/h5-6,12-13,15,17,23H,4,7-11,22H2,1-3H3,(H,24,27). The Morgan fingerprint density at radius 1 is 1.33 bits per heavy atom. The highest BCUT2D eigenvalue weighted by molar-refractivity contribution is 6.02. The Morgan fingerprint density at radius 3 is 2.74 bits per heavy atom. The first-order valence-electron chi connectivity index (χ1n) is 9.94. The molecule has 0 radical (unpaired) electrons. The van der Waals surface area contributed by atoms with E-state index in [9.17, 15) is 4.79 Å². The van der Waals surface area contributed by atoms with Gasteiger partial charge < -0.3 is 21.3 Å². The van der Waals surface area contributed by atoms with Crippen molar-refractivity contribution in [2.75, 3.05) is 24.5 Å². The molecule has 1 aromatic carbocycles. The van der Waals surface area contributed by atoms with Gasteiger partial charge in [0.2, 0.25) is 0 Å². The second kappa shape index (κ2) is 8.67. The third-order valence-electron chi connectivity index (χ3n) is 5.03. The van der Waals surface area contributed by atoms with E-state index in [0.717, 1.165) is 61.2 Å². The van der Waals surface area contributed by atoms with E-state index in [1.54, 1.807) is 6.92 Å². The zero-order chi connectivity index (χ0) is 19.4. The summed E-state index contributed by atoms with van der Waals surface area (Å²) in [4.78, 5) is 19.9. The number of anilines is 1. The van der Waals surface area contributed by atoms with E-state index in [4.69, 9.17) is 10.7 Å². The van der Waals surface area contributed by atoms with Crippen molar-refractivity contribution in [3.63, 3.8) is 0 Å². The summed E-state index contributed by atoms with van der Waals surface area (Å²) in [6.07, 6.45) is 2.86. The molecular weight excluding hydrogens is 338 g/mol. The van der Waals surface area contributed by atoms with Crippen molar-refractivity contribution in [1.29, 1.82) is 0 Å². The molecule has 1 aliphatic heterocycles. The number of amides is 1. The molecule has 2 aromatic rings. The summed E-state index contributed by atoms with van der Waals surface area (Å²) in [5, 5.41) is 7.39. The second-order valence-corrected chi connectivity index (χ2v) is 7.53. The summed E-state index contributed by atoms with van der Waals surface area (Å²) < 4.78 is 0. The maximum Gasteiger partial charge on any atom is 0.256 e. The molecule has 4 N–H and O–H groups in total. The van der Waals surface area contributed by atoms with Gasteiger partial charge in [-0.15, -0.1) is 0 Å². The van der Waals surface area contributed by atoms with Crippen LogP contribution in [0.3, 0.4) is 0 Å². The fraction of sp³-hybridized carbons (Fsp3) is 0.524. The largest absolute Gasteiger partial charge is 0.356 e. The van der Waals surface area contributed by atoms with Crippen LogP contribution in [-0.2, 0) is 0 Å². The van der Waals surface area contributed by atoms with E-state index in [-0.39, 0.29) is 5.91 Å². The highest BCUT2D eigenvalue weighted by Crippen LogP contribution is 2.27. The van der Waals surface area contributed by atoms with Gasteiger partial charge in [-0.1, -0.05) is 18.6 Å². The molecule has 3 rings (SSSR count). The number of pyridine rings is 1. The van der Waals surface area contributed by atoms with E-state index in [0.29, 0.717) is 11.6 Å². The number of nitrogens with one attached hydrogen (secondary N) is 2. The smallest absolute Gasteiger partial charge is 0.256 e. The predicted molar refractivity (Wildman–Crippen MR) is 111 cm³/mol. The Morgan fingerprint density at radius 2 is 2.07 bits per heavy atom. The number of nitrogens with zero attached hydrogens (tertiary/aromatic N) is 2. The monoisotopic (exact) mass is 369 g/mol. The minimum Gasteiger partial charge on any atom is -0.356 e. The lowest BCUT2D eigenvalue weighted by Crippen LogP contribution is -2.44. The molecule has 1 aliphatic rings. The zero-order valence-corrected chi connectivity index (χ0v) is 16.6. The molecule has 1 amide bonds. The Hall–Kier alpha value is -2.18. The number of hydrogen-bond acceptors (Lipinski definition) is 5. The number of piperidine rings is 1. The quantitative estimate of drug-likeness (QED) is 0.682. The average Bonchev–Trinajstić information content (AvgIpc) is 2.65. The molecule has 0 bridgehead atoms. The number of rotatable bonds is 6. The SMILES string of the molecule is CCCNC1CCN(c2nc3ccc(C)cc3cc2C(=O)NC(C)N)CC1. The van der Waals surface area contributed by atoms with Gasteiger partial charge in [-0.05, 0) is 57.9 Å². The fourth-order valence-electron chi connectivity index (χ4n) is 3.62. The van der Waals surface area contributed by atoms with Crippen molar-refractivity contribution >= 4 is 22.6 Å². The highest BCUT2D eigenvalue weighted by Gasteiger charge is 2.24. The van der Waals surface area contributed by atoms with E-state index in [1.807, 2.05) is 19.1 Å². The van der Waals surface area contributed by atoms with Gasteiger partial charge in [0, 0.05) is 24.5 Å². The maximum atomic E-state index is 12.8. The Labute approximate surface area is 161 Å². The van der Waals surface area contributed by atoms with Crippen LogP contribution in [0.5, 0.6) is 0 Å². The Bertz CT molecular complexity index is 797. The lowest BCUT2D eigenvalue weighted by atomic mass is 10.0. The predicted octanol–water partition coefficient (Wildman–Crippen LogP) is 2.55. The average molecular weight is 370 g/mol. The van der Waals surface area contributed by atoms with Gasteiger partial charge >= 0.3 is 0 Å². The first-order valence-corrected chi connectivity index (χ1v) is 9.94. The molecule has 146 valence electrons. The number of carbonyl (C=O) groups excluding carboxylic acids is 1. The van der Waals surface area contributed by atoms with E-state index in [2.05, 4.69) is 34.6 Å². The van der Waals surface area contributed by atoms with Crippen LogP contribution in [0.25, 0.3) is 10.9 Å². The topological polar surface area (TPSA) is 83.3 Å². The van der Waals surface area contributed by atoms with Crippen molar-refractivity contribution in [2.24, 2.45) is 5.73 Å². The van der Waals surface area contributed by atoms with Crippen LogP contribution >= 0.6 is 0 Å². The highest BCUT2D eigenvalue weighted by atomic mass is 16.1. The number of benzene rings is 1. The summed E-state index contributed by atoms with van der Waals surface area (Å²) in [7, 11) is 0. The number of aromatic nitrogens is 1. The Balaban J connectivity index is 1.90. The van der Waals surface area contributed by atoms with Gasteiger partial charge in [0.25, 0.3) is 5.91 Å². The summed E-state index contributed by atoms with van der Waals surface area (Å²) in [6.45, 7) is 8.84. The number of carbonyl (C=O) groups is 1. The number of nitrogens with two attached hydrogens (primary N) is 1. The van der Waals surface area contributed by atoms with Crippen molar-refractivity contribution in [3.05, 3.63) is 35.4 Å². The third-order valence-corrected chi connectivity index (χ3v) is 5.03. The molecule has 1 fully saturated rings. The molecule has 0 aliphatic carbocycles. The van der Waals surface area contributed by atoms with Crippen molar-refractivity contribution in [1.82, 2.24) is 15.6 Å². The normalized spacial score (nSPS) is 16.5. The van der Waals surface area contributed by atoms with Gasteiger partial charge in [-0.3, -0.25) is 4.79 Å². The van der Waals surface area contributed by atoms with Crippen LogP contribution < -0.4 is 21.3 Å². The van der Waals surface area contributed by atoms with E-state index in [1.165, 1.54) is 0 Å². The lowest BCUT2D eigenvalue weighted by Gasteiger charge is -2.34. The summed E-state index contributed by atoms with van der Waals surface area (Å²) in [6, 6.07) is 8.64. The summed E-state index contributed by atoms with van der Waals surface area (Å²) in [5.74, 6) is 0.598. The number of aryl methyl sites for hydroxylation is 1. The van der Waals surface area contributed by atoms with Crippen LogP contribution in [0.4, 0.5) is 5.82 Å². The van der Waals surface area contributed by atoms with Crippen molar-refractivity contribution in [3.8, 4) is 0 Å². The van der Waals surface area contributed by atoms with Gasteiger partial charge in [0.1, 0.15) is 5.82 Å². The first kappa shape index (κ1) is 19.6. The van der Waals surface area contributed by atoms with E-state index >= 15 is 0 Å². The molecule has 0 spiro atoms. The number of hydrogen-bond donors (Lipinski definition) is 3. The van der Waals surface area contributed by atoms with Gasteiger partial charge in [0.05, 0.1) is 17.2 Å². The minimum absolute atomic E-state index is 0.165. The van der Waals surface area contributed by atoms with Gasteiger partial charge in [0.15, 0.2) is 0 Å². The molecule has 6 nitrogen and oxygen atoms in total. The lowest BCUT2D eigenvalue weighted by molar-refractivity contribution is 0.0941. The van der Waals surface area contributed by atoms with E-state index < -0.39 is 6.17 Å². The third kappa shape index (κ3) is 4.76. The molecule has 1 aromatic heterocycles. The van der Waals surface area contributed by atoms with Crippen molar-refractivity contribution < 1.29 is 4.79 Å². The first-order chi connectivity index (χ1) is 13.0. The molecule has 2 heterocycles. The van der Waals surface area contributed by atoms with Crippen LogP contribution in [0, 0.1) is 6.92 Å². The van der Waals surface area contributed by atoms with Gasteiger partial charge in [-0.2, -0.15) is 0 Å². The van der Waals surface area contributed by atoms with Crippen LogP contribution in [-0.4, -0.2) is 42.7 Å². The second-order valence-electron chi connectivity index (χ2n) is 7.53. The van der Waals surface area contributed by atoms with Gasteiger partial charge in [-0.25, -0.2) is 4.98 Å². The van der Waals surface area contributed by atoms with Crippen LogP contribution in [0.2, 0.25) is 0 Å². The molecule has 27 heavy (non-hydrogen) atoms. The molecule has 1 unspecified atom stereocenters. The zero-order valence-electron chi connectivity index (χ0n) is 16.6. The molecule has 0 saturated carbocycles. The fourth-order valence-corrected chi connectivity index (χ4v) is 3.62. The molecular formula is C21H31N5O. The summed E-state index contributed by atoms with van der Waals surface area (Å²) >= 11 is 0. The van der Waals surface area contributed by atoms with Crippen LogP contribution in [0.15, 0.2) is 24.3 Å². The molecule has 1 saturated heterocycles. The van der Waals surface area contributed by atoms with Crippen LogP contribution in [0.1, 0.15) is 49.0 Å². The Kier molecular flexibility index (Phi) is 6.29. The maximum absolute atomic E-state index is 12.8. The molecule has 6 heteroatoms. The summed E-state index contributed by atoms with van der Waals surface area (Å²) in [5.41, 5.74) is 8.46. The minimum atomic E-state index is -0.400. The van der Waals surface area contributed by atoms with Crippen molar-refractivity contribution in [2.45, 2.75) is 52.2 Å².